The standard InChI is InChI=1S/C18H27N5O2/c1-14(24)11-23-8-5-15(6-9-23)12-22(2)13-17-20-18(21-25-17)16-4-3-7-19-10-16/h3-4,7,10,14-15,24H,5-6,8-9,11-13H2,1-2H3. The average molecular weight is 345 g/mol. The molecule has 1 N–H and O–H groups in total. The molecule has 3 heterocycles. The smallest absolute Gasteiger partial charge is 0.241 e. The highest BCUT2D eigenvalue weighted by Gasteiger charge is 2.21. The van der Waals surface area contributed by atoms with Crippen LogP contribution in [0.15, 0.2) is 29.0 Å². The third kappa shape index (κ3) is 5.32. The molecule has 0 bridgehead atoms. The number of hydrogen-bond acceptors (Lipinski definition) is 7. The van der Waals surface area contributed by atoms with Crippen LogP contribution in [-0.2, 0) is 6.54 Å². The van der Waals surface area contributed by atoms with Gasteiger partial charge in [-0.15, -0.1) is 0 Å². The molecular weight excluding hydrogens is 318 g/mol. The Morgan fingerprint density at radius 1 is 1.40 bits per heavy atom. The molecule has 0 aliphatic carbocycles. The van der Waals surface area contributed by atoms with Crippen molar-refractivity contribution in [3.05, 3.63) is 30.4 Å². The van der Waals surface area contributed by atoms with Gasteiger partial charge in [-0.1, -0.05) is 5.16 Å². The second kappa shape index (κ2) is 8.51. The molecule has 1 unspecified atom stereocenters. The van der Waals surface area contributed by atoms with Crippen LogP contribution in [0.3, 0.4) is 0 Å². The van der Waals surface area contributed by atoms with Gasteiger partial charge in [-0.05, 0) is 58.0 Å². The van der Waals surface area contributed by atoms with E-state index in [0.29, 0.717) is 24.2 Å². The molecule has 1 fully saturated rings. The molecule has 0 amide bonds. The summed E-state index contributed by atoms with van der Waals surface area (Å²) in [5.41, 5.74) is 0.866. The van der Waals surface area contributed by atoms with E-state index in [-0.39, 0.29) is 6.10 Å². The molecule has 0 radical (unpaired) electrons. The van der Waals surface area contributed by atoms with Crippen molar-refractivity contribution in [2.24, 2.45) is 5.92 Å². The topological polar surface area (TPSA) is 78.5 Å². The molecule has 1 aliphatic heterocycles. The van der Waals surface area contributed by atoms with Crippen LogP contribution in [0.25, 0.3) is 11.4 Å². The Balaban J connectivity index is 1.46. The summed E-state index contributed by atoms with van der Waals surface area (Å²) in [6, 6.07) is 3.79. The van der Waals surface area contributed by atoms with E-state index >= 15 is 0 Å². The molecule has 7 heteroatoms. The number of aliphatic hydroxyl groups excluding tert-OH is 1. The summed E-state index contributed by atoms with van der Waals surface area (Å²) in [6.45, 7) is 6.43. The zero-order valence-corrected chi connectivity index (χ0v) is 15.0. The SMILES string of the molecule is CC(O)CN1CCC(CN(C)Cc2nc(-c3cccnc3)no2)CC1. The van der Waals surface area contributed by atoms with E-state index in [2.05, 4.69) is 32.0 Å². The van der Waals surface area contributed by atoms with Crippen molar-refractivity contribution in [3.63, 3.8) is 0 Å². The van der Waals surface area contributed by atoms with Crippen molar-refractivity contribution in [3.8, 4) is 11.4 Å². The van der Waals surface area contributed by atoms with Gasteiger partial charge in [0.25, 0.3) is 0 Å². The zero-order chi connectivity index (χ0) is 17.6. The lowest BCUT2D eigenvalue weighted by Crippen LogP contribution is -2.40. The molecule has 136 valence electrons. The Hall–Kier alpha value is -1.83. The summed E-state index contributed by atoms with van der Waals surface area (Å²) in [5.74, 6) is 1.90. The van der Waals surface area contributed by atoms with Crippen molar-refractivity contribution in [2.75, 3.05) is 33.2 Å². The number of β-amino-alcohol motifs (C(OH)–C–C–N with tert-alkyl or cyclic N) is 1. The van der Waals surface area contributed by atoms with Crippen molar-refractivity contribution in [1.29, 1.82) is 0 Å². The number of likely N-dealkylation sites (tertiary alicyclic amines) is 1. The Morgan fingerprint density at radius 3 is 2.88 bits per heavy atom. The number of aliphatic hydroxyl groups is 1. The molecule has 0 aromatic carbocycles. The Labute approximate surface area is 148 Å². The van der Waals surface area contributed by atoms with Gasteiger partial charge < -0.3 is 14.5 Å². The number of hydrogen-bond donors (Lipinski definition) is 1. The summed E-state index contributed by atoms with van der Waals surface area (Å²) in [5, 5.41) is 13.5. The summed E-state index contributed by atoms with van der Waals surface area (Å²) in [6.07, 6.45) is 5.55. The van der Waals surface area contributed by atoms with Gasteiger partial charge >= 0.3 is 0 Å². The molecule has 1 atom stereocenters. The molecule has 0 spiro atoms. The van der Waals surface area contributed by atoms with E-state index in [1.165, 1.54) is 12.8 Å². The first-order chi connectivity index (χ1) is 12.1. The third-order valence-electron chi connectivity index (χ3n) is 4.59. The monoisotopic (exact) mass is 345 g/mol. The first-order valence-corrected chi connectivity index (χ1v) is 8.92. The number of rotatable bonds is 7. The molecule has 3 rings (SSSR count). The summed E-state index contributed by atoms with van der Waals surface area (Å²) >= 11 is 0. The van der Waals surface area contributed by atoms with E-state index < -0.39 is 0 Å². The normalized spacial score (nSPS) is 17.9. The van der Waals surface area contributed by atoms with Crippen LogP contribution >= 0.6 is 0 Å². The maximum Gasteiger partial charge on any atom is 0.241 e. The van der Waals surface area contributed by atoms with Gasteiger partial charge in [0, 0.05) is 31.0 Å². The van der Waals surface area contributed by atoms with E-state index in [0.717, 1.165) is 31.7 Å². The molecule has 1 saturated heterocycles. The lowest BCUT2D eigenvalue weighted by molar-refractivity contribution is 0.0908. The van der Waals surface area contributed by atoms with Gasteiger partial charge in [-0.3, -0.25) is 9.88 Å². The fourth-order valence-corrected chi connectivity index (χ4v) is 3.39. The fraction of sp³-hybridized carbons (Fsp3) is 0.611. The van der Waals surface area contributed by atoms with E-state index in [1.54, 1.807) is 12.4 Å². The minimum Gasteiger partial charge on any atom is -0.392 e. The quantitative estimate of drug-likeness (QED) is 0.817. The Bertz CT molecular complexity index is 638. The predicted molar refractivity (Wildman–Crippen MR) is 94.7 cm³/mol. The summed E-state index contributed by atoms with van der Waals surface area (Å²) in [7, 11) is 2.09. The lowest BCUT2D eigenvalue weighted by atomic mass is 9.96. The Morgan fingerprint density at radius 2 is 2.20 bits per heavy atom. The van der Waals surface area contributed by atoms with Crippen LogP contribution < -0.4 is 0 Å². The number of pyridine rings is 1. The lowest BCUT2D eigenvalue weighted by Gasteiger charge is -2.34. The van der Waals surface area contributed by atoms with Crippen molar-refractivity contribution >= 4 is 0 Å². The molecule has 2 aromatic heterocycles. The number of piperidine rings is 1. The van der Waals surface area contributed by atoms with Crippen LogP contribution in [0.2, 0.25) is 0 Å². The summed E-state index contributed by atoms with van der Waals surface area (Å²) in [4.78, 5) is 13.1. The van der Waals surface area contributed by atoms with Crippen LogP contribution in [0, 0.1) is 5.92 Å². The van der Waals surface area contributed by atoms with Gasteiger partial charge in [0.15, 0.2) is 0 Å². The van der Waals surface area contributed by atoms with Crippen molar-refractivity contribution < 1.29 is 9.63 Å². The van der Waals surface area contributed by atoms with E-state index in [1.807, 2.05) is 19.1 Å². The molecular formula is C18H27N5O2. The molecule has 2 aromatic rings. The molecule has 1 aliphatic rings. The fourth-order valence-electron chi connectivity index (χ4n) is 3.39. The molecule has 7 nitrogen and oxygen atoms in total. The third-order valence-corrected chi connectivity index (χ3v) is 4.59. The largest absolute Gasteiger partial charge is 0.392 e. The first kappa shape index (κ1) is 18.0. The van der Waals surface area contributed by atoms with Crippen LogP contribution in [0.5, 0.6) is 0 Å². The molecule has 25 heavy (non-hydrogen) atoms. The highest BCUT2D eigenvalue weighted by molar-refractivity contribution is 5.51. The average Bonchev–Trinajstić information content (AvgIpc) is 3.05. The zero-order valence-electron chi connectivity index (χ0n) is 15.0. The van der Waals surface area contributed by atoms with Crippen LogP contribution in [0.1, 0.15) is 25.7 Å². The van der Waals surface area contributed by atoms with Crippen molar-refractivity contribution in [1.82, 2.24) is 24.9 Å². The second-order valence-corrected chi connectivity index (χ2v) is 7.04. The van der Waals surface area contributed by atoms with Crippen molar-refractivity contribution in [2.45, 2.75) is 32.4 Å². The van der Waals surface area contributed by atoms with Crippen LogP contribution in [-0.4, -0.2) is 69.4 Å². The Kier molecular flexibility index (Phi) is 6.12. The summed E-state index contributed by atoms with van der Waals surface area (Å²) < 4.78 is 5.37. The van der Waals surface area contributed by atoms with E-state index in [4.69, 9.17) is 4.52 Å². The van der Waals surface area contributed by atoms with Gasteiger partial charge in [0.05, 0.1) is 12.6 Å². The van der Waals surface area contributed by atoms with Gasteiger partial charge in [-0.2, -0.15) is 4.98 Å². The first-order valence-electron chi connectivity index (χ1n) is 8.92. The minimum absolute atomic E-state index is 0.245. The number of nitrogens with zero attached hydrogens (tertiary/aromatic N) is 5. The van der Waals surface area contributed by atoms with Crippen LogP contribution in [0.4, 0.5) is 0 Å². The van der Waals surface area contributed by atoms with Gasteiger partial charge in [0.2, 0.25) is 11.7 Å². The number of aromatic nitrogens is 3. The van der Waals surface area contributed by atoms with Gasteiger partial charge in [-0.25, -0.2) is 0 Å². The van der Waals surface area contributed by atoms with E-state index in [9.17, 15) is 5.11 Å². The maximum absolute atomic E-state index is 9.49. The predicted octanol–water partition coefficient (Wildman–Crippen LogP) is 1.66. The van der Waals surface area contributed by atoms with Gasteiger partial charge in [0.1, 0.15) is 0 Å². The maximum atomic E-state index is 9.49. The highest BCUT2D eigenvalue weighted by Crippen LogP contribution is 2.19. The molecule has 0 saturated carbocycles. The highest BCUT2D eigenvalue weighted by atomic mass is 16.5. The minimum atomic E-state index is -0.245. The second-order valence-electron chi connectivity index (χ2n) is 7.04.